The SMILES string of the molecule is CCCCCOC1Cc2cccc3cccc1c23. The fourth-order valence-electron chi connectivity index (χ4n) is 2.92. The van der Waals surface area contributed by atoms with Crippen LogP contribution in [0.1, 0.15) is 43.4 Å². The first-order valence-corrected chi connectivity index (χ1v) is 7.02. The van der Waals surface area contributed by atoms with Crippen LogP contribution in [-0.2, 0) is 11.2 Å². The summed E-state index contributed by atoms with van der Waals surface area (Å²) in [5, 5.41) is 2.78. The van der Waals surface area contributed by atoms with Crippen molar-refractivity contribution in [1.82, 2.24) is 0 Å². The van der Waals surface area contributed by atoms with Crippen molar-refractivity contribution in [3.8, 4) is 0 Å². The molecule has 0 saturated carbocycles. The van der Waals surface area contributed by atoms with Crippen molar-refractivity contribution in [1.29, 1.82) is 0 Å². The van der Waals surface area contributed by atoms with Gasteiger partial charge in [-0.3, -0.25) is 0 Å². The second-order valence-corrected chi connectivity index (χ2v) is 5.13. The van der Waals surface area contributed by atoms with Gasteiger partial charge in [0.2, 0.25) is 0 Å². The Kier molecular flexibility index (Phi) is 3.33. The molecular formula is C17H20O. The molecule has 18 heavy (non-hydrogen) atoms. The molecule has 0 spiro atoms. The van der Waals surface area contributed by atoms with Crippen LogP contribution in [0.15, 0.2) is 36.4 Å². The lowest BCUT2D eigenvalue weighted by Crippen LogP contribution is -2.04. The minimum atomic E-state index is 0.281. The van der Waals surface area contributed by atoms with Crippen molar-refractivity contribution in [2.75, 3.05) is 6.61 Å². The molecule has 1 unspecified atom stereocenters. The van der Waals surface area contributed by atoms with Crippen LogP contribution < -0.4 is 0 Å². The predicted octanol–water partition coefficient (Wildman–Crippen LogP) is 4.64. The molecule has 0 radical (unpaired) electrons. The first-order chi connectivity index (χ1) is 8.90. The van der Waals surface area contributed by atoms with E-state index in [1.807, 2.05) is 0 Å². The molecule has 2 aromatic rings. The standard InChI is InChI=1S/C17H20O/c1-2-3-4-11-18-16-12-14-9-5-7-13-8-6-10-15(16)17(13)14/h5-10,16H,2-4,11-12H2,1H3. The monoisotopic (exact) mass is 240 g/mol. The normalized spacial score (nSPS) is 17.5. The van der Waals surface area contributed by atoms with Crippen LogP contribution in [0.4, 0.5) is 0 Å². The number of hydrogen-bond donors (Lipinski definition) is 0. The van der Waals surface area contributed by atoms with E-state index < -0.39 is 0 Å². The summed E-state index contributed by atoms with van der Waals surface area (Å²) in [4.78, 5) is 0. The zero-order valence-electron chi connectivity index (χ0n) is 11.0. The van der Waals surface area contributed by atoms with Crippen molar-refractivity contribution >= 4 is 10.8 Å². The molecule has 1 aliphatic rings. The minimum absolute atomic E-state index is 0.281. The second-order valence-electron chi connectivity index (χ2n) is 5.13. The molecule has 2 aromatic carbocycles. The highest BCUT2D eigenvalue weighted by Gasteiger charge is 2.24. The van der Waals surface area contributed by atoms with Crippen molar-refractivity contribution in [2.45, 2.75) is 38.7 Å². The third-order valence-corrected chi connectivity index (χ3v) is 3.84. The molecule has 0 N–H and O–H groups in total. The zero-order chi connectivity index (χ0) is 12.4. The van der Waals surface area contributed by atoms with Crippen LogP contribution in [0, 0.1) is 0 Å². The number of unbranched alkanes of at least 4 members (excludes halogenated alkanes) is 2. The molecule has 1 aliphatic carbocycles. The molecule has 0 aliphatic heterocycles. The average molecular weight is 240 g/mol. The lowest BCUT2D eigenvalue weighted by atomic mass is 10.1. The number of benzene rings is 2. The third-order valence-electron chi connectivity index (χ3n) is 3.84. The molecule has 1 heteroatoms. The summed E-state index contributed by atoms with van der Waals surface area (Å²) in [5.74, 6) is 0. The Hall–Kier alpha value is -1.34. The lowest BCUT2D eigenvalue weighted by molar-refractivity contribution is 0.0545. The van der Waals surface area contributed by atoms with Gasteiger partial charge in [0.25, 0.3) is 0 Å². The van der Waals surface area contributed by atoms with Gasteiger partial charge in [-0.1, -0.05) is 56.2 Å². The topological polar surface area (TPSA) is 9.23 Å². The second kappa shape index (κ2) is 5.11. The Balaban J connectivity index is 1.80. The van der Waals surface area contributed by atoms with Gasteiger partial charge in [0, 0.05) is 13.0 Å². The van der Waals surface area contributed by atoms with Crippen LogP contribution in [0.2, 0.25) is 0 Å². The molecule has 0 heterocycles. The molecule has 0 saturated heterocycles. The molecule has 0 fully saturated rings. The van der Waals surface area contributed by atoms with Crippen molar-refractivity contribution in [3.63, 3.8) is 0 Å². The van der Waals surface area contributed by atoms with E-state index in [1.54, 1.807) is 0 Å². The molecule has 1 nitrogen and oxygen atoms in total. The number of ether oxygens (including phenoxy) is 1. The maximum Gasteiger partial charge on any atom is 0.0871 e. The van der Waals surface area contributed by atoms with E-state index in [-0.39, 0.29) is 6.10 Å². The van der Waals surface area contributed by atoms with E-state index in [0.29, 0.717) is 0 Å². The van der Waals surface area contributed by atoms with Crippen LogP contribution in [0.3, 0.4) is 0 Å². The quantitative estimate of drug-likeness (QED) is 0.691. The Labute approximate surface area is 109 Å². The maximum atomic E-state index is 6.08. The fourth-order valence-corrected chi connectivity index (χ4v) is 2.92. The number of hydrogen-bond acceptors (Lipinski definition) is 1. The molecule has 94 valence electrons. The molecular weight excluding hydrogens is 220 g/mol. The third kappa shape index (κ3) is 2.04. The van der Waals surface area contributed by atoms with Gasteiger partial charge in [-0.25, -0.2) is 0 Å². The van der Waals surface area contributed by atoms with Crippen LogP contribution >= 0.6 is 0 Å². The summed E-state index contributed by atoms with van der Waals surface area (Å²) >= 11 is 0. The first kappa shape index (κ1) is 11.7. The van der Waals surface area contributed by atoms with Gasteiger partial charge in [-0.2, -0.15) is 0 Å². The van der Waals surface area contributed by atoms with Gasteiger partial charge in [0.15, 0.2) is 0 Å². The van der Waals surface area contributed by atoms with Crippen LogP contribution in [-0.4, -0.2) is 6.61 Å². The summed E-state index contributed by atoms with van der Waals surface area (Å²) in [5.41, 5.74) is 2.84. The van der Waals surface area contributed by atoms with E-state index in [9.17, 15) is 0 Å². The molecule has 1 atom stereocenters. The molecule has 3 rings (SSSR count). The fraction of sp³-hybridized carbons (Fsp3) is 0.412. The largest absolute Gasteiger partial charge is 0.373 e. The van der Waals surface area contributed by atoms with E-state index in [0.717, 1.165) is 13.0 Å². The van der Waals surface area contributed by atoms with Gasteiger partial charge in [0.05, 0.1) is 6.10 Å². The van der Waals surface area contributed by atoms with E-state index in [2.05, 4.69) is 43.3 Å². The summed E-state index contributed by atoms with van der Waals surface area (Å²) < 4.78 is 6.08. The molecule has 0 aromatic heterocycles. The smallest absolute Gasteiger partial charge is 0.0871 e. The van der Waals surface area contributed by atoms with E-state index in [4.69, 9.17) is 4.74 Å². The highest BCUT2D eigenvalue weighted by molar-refractivity contribution is 5.91. The van der Waals surface area contributed by atoms with Gasteiger partial charge in [-0.15, -0.1) is 0 Å². The summed E-state index contributed by atoms with van der Waals surface area (Å²) in [7, 11) is 0. The van der Waals surface area contributed by atoms with Crippen molar-refractivity contribution < 1.29 is 4.74 Å². The minimum Gasteiger partial charge on any atom is -0.373 e. The Morgan fingerprint density at radius 1 is 1.11 bits per heavy atom. The highest BCUT2D eigenvalue weighted by Crippen LogP contribution is 2.38. The molecule has 0 bridgehead atoms. The Bertz CT molecular complexity index is 539. The molecule has 0 amide bonds. The van der Waals surface area contributed by atoms with Crippen molar-refractivity contribution in [2.24, 2.45) is 0 Å². The summed E-state index contributed by atoms with van der Waals surface area (Å²) in [6, 6.07) is 13.2. The average Bonchev–Trinajstić information content (AvgIpc) is 2.76. The summed E-state index contributed by atoms with van der Waals surface area (Å²) in [6.45, 7) is 3.12. The van der Waals surface area contributed by atoms with Gasteiger partial charge >= 0.3 is 0 Å². The summed E-state index contributed by atoms with van der Waals surface area (Å²) in [6.07, 6.45) is 5.03. The van der Waals surface area contributed by atoms with Gasteiger partial charge < -0.3 is 4.74 Å². The van der Waals surface area contributed by atoms with Crippen LogP contribution in [0.5, 0.6) is 0 Å². The maximum absolute atomic E-state index is 6.08. The highest BCUT2D eigenvalue weighted by atomic mass is 16.5. The lowest BCUT2D eigenvalue weighted by Gasteiger charge is -2.13. The van der Waals surface area contributed by atoms with Crippen LogP contribution in [0.25, 0.3) is 10.8 Å². The first-order valence-electron chi connectivity index (χ1n) is 7.02. The Morgan fingerprint density at radius 3 is 2.78 bits per heavy atom. The van der Waals surface area contributed by atoms with Crippen molar-refractivity contribution in [3.05, 3.63) is 47.5 Å². The van der Waals surface area contributed by atoms with E-state index >= 15 is 0 Å². The van der Waals surface area contributed by atoms with Gasteiger partial charge in [-0.05, 0) is 28.3 Å². The van der Waals surface area contributed by atoms with Gasteiger partial charge in [0.1, 0.15) is 0 Å². The Morgan fingerprint density at radius 2 is 1.94 bits per heavy atom. The predicted molar refractivity (Wildman–Crippen MR) is 75.9 cm³/mol. The number of rotatable bonds is 5. The van der Waals surface area contributed by atoms with E-state index in [1.165, 1.54) is 41.2 Å². The zero-order valence-corrected chi connectivity index (χ0v) is 11.0.